The number of ketones is 1. The summed E-state index contributed by atoms with van der Waals surface area (Å²) in [4.78, 5) is 10.8. The Bertz CT molecular complexity index is 316. The molecule has 0 saturated heterocycles. The summed E-state index contributed by atoms with van der Waals surface area (Å²) in [5.41, 5.74) is 0. The van der Waals surface area contributed by atoms with E-state index in [0.717, 1.165) is 6.07 Å². The molecule has 1 aromatic rings. The molecule has 0 atom stereocenters. The molecule has 0 aliphatic heterocycles. The molecule has 6 heteroatoms. The molecular formula is C7H4ClF3O2. The minimum absolute atomic E-state index is 0.373. The summed E-state index contributed by atoms with van der Waals surface area (Å²) in [6.45, 7) is 0. The molecule has 0 amide bonds. The average molecular weight is 213 g/mol. The number of alkyl halides is 4. The fraction of sp³-hybridized carbons (Fsp3) is 0.286. The highest BCUT2D eigenvalue weighted by atomic mass is 35.5. The summed E-state index contributed by atoms with van der Waals surface area (Å²) in [6, 6.07) is 1.65. The van der Waals surface area contributed by atoms with Crippen LogP contribution in [0.25, 0.3) is 0 Å². The molecule has 72 valence electrons. The first-order valence-corrected chi connectivity index (χ1v) is 3.75. The molecule has 1 heterocycles. The standard InChI is InChI=1S/C7H4ClF3O2/c8-3-4(12)5-1-2-6(13-5)7(9,10)11/h1-2H,3H2. The predicted octanol–water partition coefficient (Wildman–Crippen LogP) is 2.72. The minimum atomic E-state index is -4.56. The van der Waals surface area contributed by atoms with Crippen molar-refractivity contribution in [3.05, 3.63) is 23.7 Å². The largest absolute Gasteiger partial charge is 0.449 e. The van der Waals surface area contributed by atoms with Gasteiger partial charge in [-0.2, -0.15) is 13.2 Å². The average Bonchev–Trinajstić information content (AvgIpc) is 2.50. The first-order chi connectivity index (χ1) is 5.95. The molecule has 0 aliphatic carbocycles. The maximum Gasteiger partial charge on any atom is 0.449 e. The van der Waals surface area contributed by atoms with Gasteiger partial charge in [-0.1, -0.05) is 0 Å². The summed E-state index contributed by atoms with van der Waals surface area (Å²) in [5.74, 6) is -2.63. The smallest absolute Gasteiger partial charge is 0.448 e. The molecule has 13 heavy (non-hydrogen) atoms. The van der Waals surface area contributed by atoms with Crippen molar-refractivity contribution in [2.75, 3.05) is 5.88 Å². The van der Waals surface area contributed by atoms with Crippen LogP contribution in [-0.4, -0.2) is 11.7 Å². The molecule has 0 saturated carbocycles. The van der Waals surface area contributed by atoms with Crippen LogP contribution < -0.4 is 0 Å². The number of furan rings is 1. The lowest BCUT2D eigenvalue weighted by Crippen LogP contribution is -2.03. The Labute approximate surface area is 76.3 Å². The van der Waals surface area contributed by atoms with Crippen LogP contribution in [0, 0.1) is 0 Å². The van der Waals surface area contributed by atoms with Crippen molar-refractivity contribution in [3.63, 3.8) is 0 Å². The van der Waals surface area contributed by atoms with Crippen molar-refractivity contribution in [1.82, 2.24) is 0 Å². The molecule has 1 aromatic heterocycles. The van der Waals surface area contributed by atoms with E-state index in [4.69, 9.17) is 11.6 Å². The van der Waals surface area contributed by atoms with Crippen molar-refractivity contribution in [2.45, 2.75) is 6.18 Å². The van der Waals surface area contributed by atoms with E-state index >= 15 is 0 Å². The fourth-order valence-electron chi connectivity index (χ4n) is 0.706. The molecule has 2 nitrogen and oxygen atoms in total. The second kappa shape index (κ2) is 3.41. The van der Waals surface area contributed by atoms with Gasteiger partial charge in [-0.3, -0.25) is 4.79 Å². The number of rotatable bonds is 2. The quantitative estimate of drug-likeness (QED) is 0.557. The zero-order valence-electron chi connectivity index (χ0n) is 6.19. The predicted molar refractivity (Wildman–Crippen MR) is 38.8 cm³/mol. The van der Waals surface area contributed by atoms with E-state index in [1.807, 2.05) is 0 Å². The Hall–Kier alpha value is -0.970. The van der Waals surface area contributed by atoms with Crippen molar-refractivity contribution in [3.8, 4) is 0 Å². The van der Waals surface area contributed by atoms with E-state index in [9.17, 15) is 18.0 Å². The zero-order valence-corrected chi connectivity index (χ0v) is 6.95. The van der Waals surface area contributed by atoms with E-state index < -0.39 is 23.6 Å². The summed E-state index contributed by atoms with van der Waals surface area (Å²) in [5, 5.41) is 0. The highest BCUT2D eigenvalue weighted by molar-refractivity contribution is 6.30. The lowest BCUT2D eigenvalue weighted by atomic mass is 10.3. The molecule has 0 radical (unpaired) electrons. The fourth-order valence-corrected chi connectivity index (χ4v) is 0.838. The van der Waals surface area contributed by atoms with Gasteiger partial charge in [-0.25, -0.2) is 0 Å². The second-order valence-corrected chi connectivity index (χ2v) is 2.49. The van der Waals surface area contributed by atoms with E-state index in [1.54, 1.807) is 0 Å². The Morgan fingerprint density at radius 2 is 2.08 bits per heavy atom. The number of carbonyl (C=O) groups is 1. The van der Waals surface area contributed by atoms with Gasteiger partial charge in [0.1, 0.15) is 0 Å². The summed E-state index contributed by atoms with van der Waals surface area (Å²) in [7, 11) is 0. The van der Waals surface area contributed by atoms with E-state index in [2.05, 4.69) is 4.42 Å². The van der Waals surface area contributed by atoms with E-state index in [0.29, 0.717) is 6.07 Å². The summed E-state index contributed by atoms with van der Waals surface area (Å²) >= 11 is 5.12. The third kappa shape index (κ3) is 2.24. The third-order valence-electron chi connectivity index (χ3n) is 1.28. The van der Waals surface area contributed by atoms with Crippen molar-refractivity contribution in [1.29, 1.82) is 0 Å². The van der Waals surface area contributed by atoms with Gasteiger partial charge >= 0.3 is 6.18 Å². The molecular weight excluding hydrogens is 209 g/mol. The van der Waals surface area contributed by atoms with E-state index in [-0.39, 0.29) is 5.76 Å². The SMILES string of the molecule is O=C(CCl)c1ccc(C(F)(F)F)o1. The van der Waals surface area contributed by atoms with Crippen LogP contribution in [0.4, 0.5) is 13.2 Å². The monoisotopic (exact) mass is 212 g/mol. The normalized spacial score (nSPS) is 11.7. The summed E-state index contributed by atoms with van der Waals surface area (Å²) in [6.07, 6.45) is -4.56. The Kier molecular flexibility index (Phi) is 2.66. The highest BCUT2D eigenvalue weighted by Gasteiger charge is 2.35. The van der Waals surface area contributed by atoms with Crippen molar-refractivity contribution < 1.29 is 22.4 Å². The molecule has 0 N–H and O–H groups in total. The van der Waals surface area contributed by atoms with Gasteiger partial charge in [-0.15, -0.1) is 11.6 Å². The van der Waals surface area contributed by atoms with Gasteiger partial charge in [0.15, 0.2) is 5.76 Å². The maximum absolute atomic E-state index is 11.9. The minimum Gasteiger partial charge on any atom is -0.448 e. The first kappa shape index (κ1) is 10.1. The highest BCUT2D eigenvalue weighted by Crippen LogP contribution is 2.30. The molecule has 0 spiro atoms. The van der Waals surface area contributed by atoms with Gasteiger partial charge < -0.3 is 4.42 Å². The second-order valence-electron chi connectivity index (χ2n) is 2.22. The first-order valence-electron chi connectivity index (χ1n) is 3.21. The van der Waals surface area contributed by atoms with Crippen LogP contribution in [0.2, 0.25) is 0 Å². The number of Topliss-reactive ketones (excluding diaryl/α,β-unsaturated/α-hetero) is 1. The van der Waals surface area contributed by atoms with E-state index in [1.165, 1.54) is 0 Å². The van der Waals surface area contributed by atoms with Crippen molar-refractivity contribution in [2.24, 2.45) is 0 Å². The van der Waals surface area contributed by atoms with Gasteiger partial charge in [0.25, 0.3) is 0 Å². The lowest BCUT2D eigenvalue weighted by Gasteiger charge is -1.99. The number of carbonyl (C=O) groups excluding carboxylic acids is 1. The van der Waals surface area contributed by atoms with Crippen molar-refractivity contribution >= 4 is 17.4 Å². The Balaban J connectivity index is 2.93. The van der Waals surface area contributed by atoms with Crippen LogP contribution in [0.15, 0.2) is 16.5 Å². The molecule has 0 bridgehead atoms. The topological polar surface area (TPSA) is 30.2 Å². The molecule has 0 unspecified atom stereocenters. The summed E-state index contributed by atoms with van der Waals surface area (Å²) < 4.78 is 40.0. The molecule has 1 rings (SSSR count). The Morgan fingerprint density at radius 1 is 1.46 bits per heavy atom. The van der Waals surface area contributed by atoms with Crippen LogP contribution in [-0.2, 0) is 6.18 Å². The lowest BCUT2D eigenvalue weighted by molar-refractivity contribution is -0.153. The van der Waals surface area contributed by atoms with Gasteiger partial charge in [0.2, 0.25) is 11.5 Å². The Morgan fingerprint density at radius 3 is 2.46 bits per heavy atom. The molecule has 0 aliphatic rings. The van der Waals surface area contributed by atoms with Gasteiger partial charge in [0, 0.05) is 0 Å². The van der Waals surface area contributed by atoms with Crippen LogP contribution in [0.3, 0.4) is 0 Å². The number of halogens is 4. The van der Waals surface area contributed by atoms with Crippen LogP contribution >= 0.6 is 11.6 Å². The third-order valence-corrected chi connectivity index (χ3v) is 1.52. The molecule has 0 aromatic carbocycles. The number of hydrogen-bond acceptors (Lipinski definition) is 2. The number of hydrogen-bond donors (Lipinski definition) is 0. The van der Waals surface area contributed by atoms with Gasteiger partial charge in [-0.05, 0) is 12.1 Å². The maximum atomic E-state index is 11.9. The van der Waals surface area contributed by atoms with Crippen LogP contribution in [0.5, 0.6) is 0 Å². The van der Waals surface area contributed by atoms with Gasteiger partial charge in [0.05, 0.1) is 5.88 Å². The molecule has 0 fully saturated rings. The van der Waals surface area contributed by atoms with Crippen LogP contribution in [0.1, 0.15) is 16.3 Å². The zero-order chi connectivity index (χ0) is 10.1.